The number of benzene rings is 1. The van der Waals surface area contributed by atoms with Gasteiger partial charge in [-0.05, 0) is 30.0 Å². The van der Waals surface area contributed by atoms with Crippen LogP contribution >= 0.6 is 15.9 Å². The van der Waals surface area contributed by atoms with Gasteiger partial charge in [-0.1, -0.05) is 28.1 Å². The van der Waals surface area contributed by atoms with E-state index >= 15 is 0 Å². The fraction of sp³-hybridized carbons (Fsp3) is 0.462. The van der Waals surface area contributed by atoms with Gasteiger partial charge >= 0.3 is 0 Å². The third-order valence-corrected chi connectivity index (χ3v) is 5.56. The van der Waals surface area contributed by atoms with E-state index in [1.807, 2.05) is 24.3 Å². The lowest BCUT2D eigenvalue weighted by Crippen LogP contribution is -2.30. The lowest BCUT2D eigenvalue weighted by atomic mass is 10.1. The topological polar surface area (TPSA) is 63.2 Å². The predicted octanol–water partition coefficient (Wildman–Crippen LogP) is 1.54. The summed E-state index contributed by atoms with van der Waals surface area (Å²) in [6.07, 6.45) is 0.980. The van der Waals surface area contributed by atoms with E-state index in [0.29, 0.717) is 19.4 Å². The van der Waals surface area contributed by atoms with Crippen LogP contribution in [0.4, 0.5) is 0 Å². The molecule has 1 amide bonds. The zero-order valence-electron chi connectivity index (χ0n) is 10.4. The summed E-state index contributed by atoms with van der Waals surface area (Å²) in [6, 6.07) is 7.58. The number of rotatable bonds is 4. The Balaban J connectivity index is 1.78. The van der Waals surface area contributed by atoms with E-state index in [-0.39, 0.29) is 23.3 Å². The Kier molecular flexibility index (Phi) is 4.62. The van der Waals surface area contributed by atoms with Crippen molar-refractivity contribution in [2.45, 2.75) is 12.8 Å². The summed E-state index contributed by atoms with van der Waals surface area (Å²) in [4.78, 5) is 11.7. The van der Waals surface area contributed by atoms with Crippen molar-refractivity contribution < 1.29 is 13.2 Å². The summed E-state index contributed by atoms with van der Waals surface area (Å²) >= 11 is 3.34. The standard InChI is InChI=1S/C13H16BrNO3S/c14-12-3-1-10(2-4-12)7-13(16)15-8-11-5-6-19(17,18)9-11/h1-4,11H,5-9H2,(H,15,16). The molecule has 1 fully saturated rings. The van der Waals surface area contributed by atoms with Gasteiger partial charge in [0.25, 0.3) is 0 Å². The van der Waals surface area contributed by atoms with Crippen LogP contribution in [-0.4, -0.2) is 32.4 Å². The minimum absolute atomic E-state index is 0.0633. The SMILES string of the molecule is O=C(Cc1ccc(Br)cc1)NCC1CCS(=O)(=O)C1. The number of nitrogens with one attached hydrogen (secondary N) is 1. The monoisotopic (exact) mass is 345 g/mol. The van der Waals surface area contributed by atoms with Crippen LogP contribution in [0.25, 0.3) is 0 Å². The van der Waals surface area contributed by atoms with Gasteiger partial charge in [0, 0.05) is 11.0 Å². The second-order valence-electron chi connectivity index (χ2n) is 4.88. The molecule has 0 spiro atoms. The maximum absolute atomic E-state index is 11.7. The molecule has 104 valence electrons. The molecule has 0 bridgehead atoms. The van der Waals surface area contributed by atoms with E-state index in [9.17, 15) is 13.2 Å². The van der Waals surface area contributed by atoms with Crippen molar-refractivity contribution in [3.63, 3.8) is 0 Å². The summed E-state index contributed by atoms with van der Waals surface area (Å²) in [6.45, 7) is 0.453. The van der Waals surface area contributed by atoms with Gasteiger partial charge in [-0.15, -0.1) is 0 Å². The van der Waals surface area contributed by atoms with Gasteiger partial charge in [0.2, 0.25) is 5.91 Å². The number of sulfone groups is 1. The molecule has 0 aliphatic carbocycles. The van der Waals surface area contributed by atoms with E-state index in [4.69, 9.17) is 0 Å². The highest BCUT2D eigenvalue weighted by atomic mass is 79.9. The van der Waals surface area contributed by atoms with E-state index < -0.39 is 9.84 Å². The molecule has 6 heteroatoms. The van der Waals surface area contributed by atoms with Crippen molar-refractivity contribution in [1.29, 1.82) is 0 Å². The molecule has 1 unspecified atom stereocenters. The molecule has 1 atom stereocenters. The van der Waals surface area contributed by atoms with Crippen LogP contribution in [0.2, 0.25) is 0 Å². The summed E-state index contributed by atoms with van der Waals surface area (Å²) in [5.41, 5.74) is 0.944. The van der Waals surface area contributed by atoms with Crippen LogP contribution in [0.15, 0.2) is 28.7 Å². The maximum atomic E-state index is 11.7. The lowest BCUT2D eigenvalue weighted by molar-refractivity contribution is -0.120. The quantitative estimate of drug-likeness (QED) is 0.900. The fourth-order valence-corrected chi connectivity index (χ4v) is 4.27. The molecule has 0 saturated carbocycles. The highest BCUT2D eigenvalue weighted by Gasteiger charge is 2.27. The Morgan fingerprint density at radius 2 is 2.00 bits per heavy atom. The Morgan fingerprint density at radius 1 is 1.32 bits per heavy atom. The van der Waals surface area contributed by atoms with E-state index in [2.05, 4.69) is 21.2 Å². The maximum Gasteiger partial charge on any atom is 0.224 e. The largest absolute Gasteiger partial charge is 0.356 e. The Labute approximate surface area is 121 Å². The van der Waals surface area contributed by atoms with Crippen LogP contribution in [0.3, 0.4) is 0 Å². The first-order valence-electron chi connectivity index (χ1n) is 6.16. The Morgan fingerprint density at radius 3 is 2.58 bits per heavy atom. The molecule has 1 heterocycles. The van der Waals surface area contributed by atoms with Gasteiger partial charge in [0.15, 0.2) is 9.84 Å². The molecule has 1 aliphatic rings. The molecule has 2 rings (SSSR count). The number of hydrogen-bond acceptors (Lipinski definition) is 3. The molecule has 1 aromatic rings. The van der Waals surface area contributed by atoms with E-state index in [0.717, 1.165) is 10.0 Å². The molecule has 0 aromatic heterocycles. The van der Waals surface area contributed by atoms with Gasteiger partial charge in [-0.2, -0.15) is 0 Å². The molecule has 1 N–H and O–H groups in total. The Hall–Kier alpha value is -0.880. The Bertz CT molecular complexity index is 554. The predicted molar refractivity (Wildman–Crippen MR) is 77.6 cm³/mol. The molecular weight excluding hydrogens is 330 g/mol. The smallest absolute Gasteiger partial charge is 0.224 e. The van der Waals surface area contributed by atoms with Crippen molar-refractivity contribution in [2.24, 2.45) is 5.92 Å². The van der Waals surface area contributed by atoms with Crippen LogP contribution in [0, 0.1) is 5.92 Å². The second kappa shape index (κ2) is 6.05. The van der Waals surface area contributed by atoms with E-state index in [1.54, 1.807) is 0 Å². The second-order valence-corrected chi connectivity index (χ2v) is 8.02. The first kappa shape index (κ1) is 14.5. The van der Waals surface area contributed by atoms with Gasteiger partial charge in [-0.3, -0.25) is 4.79 Å². The number of halogens is 1. The molecule has 0 radical (unpaired) electrons. The molecule has 1 saturated heterocycles. The average Bonchev–Trinajstić information content (AvgIpc) is 2.69. The summed E-state index contributed by atoms with van der Waals surface area (Å²) in [5.74, 6) is 0.455. The van der Waals surface area contributed by atoms with Crippen LogP contribution in [0.5, 0.6) is 0 Å². The normalized spacial score (nSPS) is 21.2. The van der Waals surface area contributed by atoms with Crippen LogP contribution < -0.4 is 5.32 Å². The lowest BCUT2D eigenvalue weighted by Gasteiger charge is -2.09. The van der Waals surface area contributed by atoms with Gasteiger partial charge in [-0.25, -0.2) is 8.42 Å². The highest BCUT2D eigenvalue weighted by Crippen LogP contribution is 2.17. The van der Waals surface area contributed by atoms with Gasteiger partial charge in [0.1, 0.15) is 0 Å². The van der Waals surface area contributed by atoms with Crippen molar-refractivity contribution in [3.8, 4) is 0 Å². The molecule has 19 heavy (non-hydrogen) atoms. The van der Waals surface area contributed by atoms with Crippen molar-refractivity contribution in [1.82, 2.24) is 5.32 Å². The summed E-state index contributed by atoms with van der Waals surface area (Å²) in [5, 5.41) is 2.81. The summed E-state index contributed by atoms with van der Waals surface area (Å²) in [7, 11) is -2.86. The zero-order valence-corrected chi connectivity index (χ0v) is 12.8. The number of carbonyl (C=O) groups is 1. The number of hydrogen-bond donors (Lipinski definition) is 1. The van der Waals surface area contributed by atoms with E-state index in [1.165, 1.54) is 0 Å². The van der Waals surface area contributed by atoms with Gasteiger partial charge < -0.3 is 5.32 Å². The van der Waals surface area contributed by atoms with Crippen molar-refractivity contribution in [3.05, 3.63) is 34.3 Å². The third-order valence-electron chi connectivity index (χ3n) is 3.19. The fourth-order valence-electron chi connectivity index (χ4n) is 2.14. The van der Waals surface area contributed by atoms with Crippen molar-refractivity contribution >= 4 is 31.7 Å². The molecular formula is C13H16BrNO3S. The number of amides is 1. The molecule has 1 aliphatic heterocycles. The van der Waals surface area contributed by atoms with Gasteiger partial charge in [0.05, 0.1) is 17.9 Å². The highest BCUT2D eigenvalue weighted by molar-refractivity contribution is 9.10. The molecule has 4 nitrogen and oxygen atoms in total. The van der Waals surface area contributed by atoms with Crippen LogP contribution in [0.1, 0.15) is 12.0 Å². The number of carbonyl (C=O) groups excluding carboxylic acids is 1. The summed E-state index contributed by atoms with van der Waals surface area (Å²) < 4.78 is 23.6. The zero-order chi connectivity index (χ0) is 13.9. The third kappa shape index (κ3) is 4.62. The first-order chi connectivity index (χ1) is 8.94. The minimum Gasteiger partial charge on any atom is -0.356 e. The first-order valence-corrected chi connectivity index (χ1v) is 8.77. The van der Waals surface area contributed by atoms with Crippen molar-refractivity contribution in [2.75, 3.05) is 18.1 Å². The molecule has 1 aromatic carbocycles. The minimum atomic E-state index is -2.86. The van der Waals surface area contributed by atoms with Crippen LogP contribution in [-0.2, 0) is 21.1 Å². The average molecular weight is 346 g/mol.